The van der Waals surface area contributed by atoms with Gasteiger partial charge in [0.25, 0.3) is 0 Å². The van der Waals surface area contributed by atoms with Gasteiger partial charge in [0.05, 0.1) is 14.2 Å². The molecule has 5 heteroatoms. The smallest absolute Gasteiger partial charge is 0.224 e. The molecule has 2 rings (SSSR count). The summed E-state index contributed by atoms with van der Waals surface area (Å²) in [5.74, 6) is 1.63. The van der Waals surface area contributed by atoms with Crippen molar-refractivity contribution < 1.29 is 14.3 Å². The van der Waals surface area contributed by atoms with Crippen LogP contribution in [0.1, 0.15) is 32.1 Å². The molecular weight excluding hydrogens is 280 g/mol. The second-order valence-corrected chi connectivity index (χ2v) is 5.54. The Morgan fingerprint density at radius 2 is 1.77 bits per heavy atom. The number of carbonyl (C=O) groups is 1. The molecule has 0 bridgehead atoms. The van der Waals surface area contributed by atoms with Crippen molar-refractivity contribution in [2.24, 2.45) is 0 Å². The summed E-state index contributed by atoms with van der Waals surface area (Å²) in [5.41, 5.74) is 0.932. The van der Waals surface area contributed by atoms with Gasteiger partial charge in [0.1, 0.15) is 0 Å². The van der Waals surface area contributed by atoms with Gasteiger partial charge in [-0.2, -0.15) is 0 Å². The largest absolute Gasteiger partial charge is 0.493 e. The first-order valence-corrected chi connectivity index (χ1v) is 7.98. The average Bonchev–Trinajstić information content (AvgIpc) is 2.83. The van der Waals surface area contributed by atoms with Crippen LogP contribution >= 0.6 is 0 Å². The minimum atomic E-state index is 0.245. The van der Waals surface area contributed by atoms with E-state index in [4.69, 9.17) is 9.47 Å². The van der Waals surface area contributed by atoms with Crippen LogP contribution in [-0.4, -0.2) is 44.7 Å². The Morgan fingerprint density at radius 3 is 2.41 bits per heavy atom. The molecule has 1 saturated heterocycles. The number of hydrogen-bond acceptors (Lipinski definition) is 4. The molecule has 0 radical (unpaired) electrons. The van der Waals surface area contributed by atoms with E-state index in [1.807, 2.05) is 23.1 Å². The van der Waals surface area contributed by atoms with E-state index in [1.165, 1.54) is 12.8 Å². The quantitative estimate of drug-likeness (QED) is 0.878. The lowest BCUT2D eigenvalue weighted by atomic mass is 10.2. The number of nitrogens with zero attached hydrogens (tertiary/aromatic N) is 1. The molecule has 1 aromatic carbocycles. The van der Waals surface area contributed by atoms with E-state index in [-0.39, 0.29) is 5.91 Å². The van der Waals surface area contributed by atoms with Crippen LogP contribution in [0.5, 0.6) is 11.5 Å². The maximum absolute atomic E-state index is 12.2. The minimum absolute atomic E-state index is 0.245. The molecule has 1 aromatic rings. The zero-order chi connectivity index (χ0) is 15.8. The van der Waals surface area contributed by atoms with Crippen molar-refractivity contribution in [3.05, 3.63) is 18.2 Å². The first-order chi connectivity index (χ1) is 10.7. The molecule has 22 heavy (non-hydrogen) atoms. The molecule has 5 nitrogen and oxygen atoms in total. The van der Waals surface area contributed by atoms with Crippen LogP contribution < -0.4 is 14.8 Å². The third-order valence-electron chi connectivity index (χ3n) is 4.01. The summed E-state index contributed by atoms with van der Waals surface area (Å²) in [6.07, 6.45) is 5.28. The van der Waals surface area contributed by atoms with Crippen molar-refractivity contribution in [3.63, 3.8) is 0 Å². The molecule has 0 atom stereocenters. The summed E-state index contributed by atoms with van der Waals surface area (Å²) in [5, 5.41) is 3.27. The number of hydrogen-bond donors (Lipinski definition) is 1. The molecule has 0 aliphatic carbocycles. The van der Waals surface area contributed by atoms with E-state index in [2.05, 4.69) is 5.32 Å². The number of ether oxygens (including phenoxy) is 2. The topological polar surface area (TPSA) is 50.8 Å². The Labute approximate surface area is 132 Å². The minimum Gasteiger partial charge on any atom is -0.493 e. The highest BCUT2D eigenvalue weighted by Crippen LogP contribution is 2.29. The van der Waals surface area contributed by atoms with Gasteiger partial charge in [0, 0.05) is 37.8 Å². The van der Waals surface area contributed by atoms with Gasteiger partial charge in [-0.1, -0.05) is 12.8 Å². The van der Waals surface area contributed by atoms with E-state index in [1.54, 1.807) is 14.2 Å². The first-order valence-electron chi connectivity index (χ1n) is 7.98. The number of amides is 1. The lowest BCUT2D eigenvalue weighted by Gasteiger charge is -2.20. The number of rotatable bonds is 6. The lowest BCUT2D eigenvalue weighted by molar-refractivity contribution is -0.130. The van der Waals surface area contributed by atoms with Crippen molar-refractivity contribution in [1.82, 2.24) is 4.90 Å². The summed E-state index contributed by atoms with van der Waals surface area (Å²) in [6, 6.07) is 5.67. The summed E-state index contributed by atoms with van der Waals surface area (Å²) >= 11 is 0. The van der Waals surface area contributed by atoms with E-state index < -0.39 is 0 Å². The third-order valence-corrected chi connectivity index (χ3v) is 4.01. The number of benzene rings is 1. The Morgan fingerprint density at radius 1 is 1.09 bits per heavy atom. The molecule has 122 valence electrons. The van der Waals surface area contributed by atoms with Gasteiger partial charge in [0.15, 0.2) is 11.5 Å². The number of carbonyl (C=O) groups excluding carboxylic acids is 1. The highest BCUT2D eigenvalue weighted by molar-refractivity contribution is 5.76. The lowest BCUT2D eigenvalue weighted by Crippen LogP contribution is -2.32. The molecule has 0 saturated carbocycles. The van der Waals surface area contributed by atoms with Crippen molar-refractivity contribution in [2.75, 3.05) is 39.2 Å². The van der Waals surface area contributed by atoms with Gasteiger partial charge in [-0.25, -0.2) is 0 Å². The fraction of sp³-hybridized carbons (Fsp3) is 0.588. The predicted molar refractivity (Wildman–Crippen MR) is 87.7 cm³/mol. The molecule has 1 amide bonds. The second-order valence-electron chi connectivity index (χ2n) is 5.54. The molecular formula is C17H26N2O3. The molecule has 1 aliphatic rings. The summed E-state index contributed by atoms with van der Waals surface area (Å²) < 4.78 is 10.5. The van der Waals surface area contributed by atoms with Crippen LogP contribution in [0.15, 0.2) is 18.2 Å². The van der Waals surface area contributed by atoms with Crippen LogP contribution in [0.3, 0.4) is 0 Å². The molecule has 0 unspecified atom stereocenters. The predicted octanol–water partition coefficient (Wildman–Crippen LogP) is 2.91. The molecule has 1 aliphatic heterocycles. The summed E-state index contributed by atoms with van der Waals surface area (Å²) in [4.78, 5) is 14.2. The number of nitrogens with one attached hydrogen (secondary N) is 1. The van der Waals surface area contributed by atoms with E-state index in [0.29, 0.717) is 24.5 Å². The summed E-state index contributed by atoms with van der Waals surface area (Å²) in [6.45, 7) is 2.45. The van der Waals surface area contributed by atoms with Gasteiger partial charge in [-0.15, -0.1) is 0 Å². The molecule has 1 N–H and O–H groups in total. The second kappa shape index (κ2) is 8.51. The highest BCUT2D eigenvalue weighted by atomic mass is 16.5. The van der Waals surface area contributed by atoms with Crippen molar-refractivity contribution in [1.29, 1.82) is 0 Å². The molecule has 1 fully saturated rings. The normalized spacial score (nSPS) is 15.1. The van der Waals surface area contributed by atoms with Crippen LogP contribution in [0.4, 0.5) is 5.69 Å². The van der Waals surface area contributed by atoms with E-state index >= 15 is 0 Å². The maximum Gasteiger partial charge on any atom is 0.224 e. The average molecular weight is 306 g/mol. The van der Waals surface area contributed by atoms with E-state index in [0.717, 1.165) is 31.6 Å². The fourth-order valence-corrected chi connectivity index (χ4v) is 2.74. The van der Waals surface area contributed by atoms with Gasteiger partial charge in [-0.3, -0.25) is 4.79 Å². The van der Waals surface area contributed by atoms with Crippen molar-refractivity contribution in [3.8, 4) is 11.5 Å². The van der Waals surface area contributed by atoms with Crippen LogP contribution in [0, 0.1) is 0 Å². The first kappa shape index (κ1) is 16.5. The van der Waals surface area contributed by atoms with E-state index in [9.17, 15) is 4.79 Å². The molecule has 1 heterocycles. The Hall–Kier alpha value is -1.91. The van der Waals surface area contributed by atoms with Gasteiger partial charge in [0.2, 0.25) is 5.91 Å². The van der Waals surface area contributed by atoms with Gasteiger partial charge >= 0.3 is 0 Å². The third kappa shape index (κ3) is 4.55. The van der Waals surface area contributed by atoms with Gasteiger partial charge < -0.3 is 19.7 Å². The zero-order valence-corrected chi connectivity index (χ0v) is 13.6. The molecule has 0 aromatic heterocycles. The summed E-state index contributed by atoms with van der Waals surface area (Å²) in [7, 11) is 3.23. The monoisotopic (exact) mass is 306 g/mol. The SMILES string of the molecule is COc1ccc(NCCC(=O)N2CCCCCC2)cc1OC. The highest BCUT2D eigenvalue weighted by Gasteiger charge is 2.14. The molecule has 0 spiro atoms. The van der Waals surface area contributed by atoms with Crippen LogP contribution in [-0.2, 0) is 4.79 Å². The standard InChI is InChI=1S/C17H26N2O3/c1-21-15-8-7-14(13-16(15)22-2)18-10-9-17(20)19-11-5-3-4-6-12-19/h7-8,13,18H,3-6,9-12H2,1-2H3. The van der Waals surface area contributed by atoms with Gasteiger partial charge in [-0.05, 0) is 25.0 Å². The maximum atomic E-state index is 12.2. The van der Waals surface area contributed by atoms with Crippen molar-refractivity contribution in [2.45, 2.75) is 32.1 Å². The number of anilines is 1. The number of methoxy groups -OCH3 is 2. The number of likely N-dealkylation sites (tertiary alicyclic amines) is 1. The van der Waals surface area contributed by atoms with Crippen molar-refractivity contribution >= 4 is 11.6 Å². The van der Waals surface area contributed by atoms with Crippen LogP contribution in [0.25, 0.3) is 0 Å². The Balaban J connectivity index is 1.81. The Bertz CT molecular complexity index is 483. The Kier molecular flexibility index (Phi) is 6.37. The zero-order valence-electron chi connectivity index (χ0n) is 13.6. The fourth-order valence-electron chi connectivity index (χ4n) is 2.74. The van der Waals surface area contributed by atoms with Crippen LogP contribution in [0.2, 0.25) is 0 Å².